The van der Waals surface area contributed by atoms with E-state index >= 15 is 0 Å². The summed E-state index contributed by atoms with van der Waals surface area (Å²) in [6, 6.07) is 12.1. The second-order valence-corrected chi connectivity index (χ2v) is 6.63. The number of ether oxygens (including phenoxy) is 1. The topological polar surface area (TPSA) is 111 Å². The Morgan fingerprint density at radius 3 is 2.69 bits per heavy atom. The number of amides is 1. The summed E-state index contributed by atoms with van der Waals surface area (Å²) in [6.07, 6.45) is 0. The van der Waals surface area contributed by atoms with E-state index in [4.69, 9.17) is 13.8 Å². The van der Waals surface area contributed by atoms with Gasteiger partial charge in [-0.3, -0.25) is 4.79 Å². The van der Waals surface area contributed by atoms with Crippen molar-refractivity contribution in [3.63, 3.8) is 0 Å². The van der Waals surface area contributed by atoms with Gasteiger partial charge in [0.25, 0.3) is 5.91 Å². The zero-order valence-corrected chi connectivity index (χ0v) is 15.3. The molecule has 1 fully saturated rings. The second kappa shape index (κ2) is 7.02. The average molecular weight is 392 g/mol. The third-order valence-corrected chi connectivity index (χ3v) is 4.88. The Balaban J connectivity index is 1.49. The van der Waals surface area contributed by atoms with Crippen LogP contribution >= 0.6 is 0 Å². The van der Waals surface area contributed by atoms with Crippen LogP contribution in [0.5, 0.6) is 0 Å². The van der Waals surface area contributed by atoms with Crippen LogP contribution in [0.15, 0.2) is 56.3 Å². The van der Waals surface area contributed by atoms with Gasteiger partial charge in [-0.05, 0) is 34.6 Å². The number of hydrogen-bond donors (Lipinski definition) is 1. The summed E-state index contributed by atoms with van der Waals surface area (Å²) in [5.74, 6) is -0.590. The first kappa shape index (κ1) is 17.4. The summed E-state index contributed by atoms with van der Waals surface area (Å²) in [6.45, 7) is 2.71. The van der Waals surface area contributed by atoms with Crippen LogP contribution in [0.3, 0.4) is 0 Å². The number of rotatable bonds is 3. The number of carbonyl (C=O) groups excluding carboxylic acids is 1. The fourth-order valence-electron chi connectivity index (χ4n) is 3.42. The van der Waals surface area contributed by atoms with E-state index in [9.17, 15) is 9.59 Å². The lowest BCUT2D eigenvalue weighted by molar-refractivity contribution is 0.102. The van der Waals surface area contributed by atoms with Gasteiger partial charge in [0, 0.05) is 18.5 Å². The third kappa shape index (κ3) is 3.11. The minimum Gasteiger partial charge on any atom is -0.422 e. The van der Waals surface area contributed by atoms with Crippen LogP contribution in [0, 0.1) is 0 Å². The summed E-state index contributed by atoms with van der Waals surface area (Å²) in [5, 5.41) is 11.3. The molecule has 2 aromatic carbocycles. The predicted molar refractivity (Wildman–Crippen MR) is 105 cm³/mol. The molecular weight excluding hydrogens is 376 g/mol. The first-order valence-corrected chi connectivity index (χ1v) is 9.13. The van der Waals surface area contributed by atoms with Crippen molar-refractivity contribution in [2.75, 3.05) is 36.5 Å². The molecule has 0 atom stereocenters. The van der Waals surface area contributed by atoms with Crippen LogP contribution in [0.25, 0.3) is 22.0 Å². The summed E-state index contributed by atoms with van der Waals surface area (Å²) in [7, 11) is 0. The number of aromatic nitrogens is 2. The van der Waals surface area contributed by atoms with Crippen molar-refractivity contribution >= 4 is 39.3 Å². The molecule has 3 heterocycles. The number of nitrogens with zero attached hydrogens (tertiary/aromatic N) is 3. The first-order valence-electron chi connectivity index (χ1n) is 9.13. The zero-order valence-electron chi connectivity index (χ0n) is 15.3. The molecule has 1 aliphatic rings. The molecule has 2 aromatic heterocycles. The highest BCUT2D eigenvalue weighted by molar-refractivity contribution is 6.10. The molecule has 0 saturated carbocycles. The Hall–Kier alpha value is -3.72. The number of para-hydroxylation sites is 1. The van der Waals surface area contributed by atoms with E-state index in [1.165, 1.54) is 6.07 Å². The van der Waals surface area contributed by atoms with Gasteiger partial charge in [0.05, 0.1) is 24.6 Å². The molecular formula is C20H16N4O5. The van der Waals surface area contributed by atoms with Gasteiger partial charge in [0.2, 0.25) is 0 Å². The van der Waals surface area contributed by atoms with Crippen molar-refractivity contribution in [1.82, 2.24) is 10.3 Å². The molecule has 0 spiro atoms. The van der Waals surface area contributed by atoms with Crippen molar-refractivity contribution in [3.8, 4) is 0 Å². The molecule has 9 heteroatoms. The molecule has 1 aliphatic heterocycles. The van der Waals surface area contributed by atoms with E-state index in [0.29, 0.717) is 40.9 Å². The number of nitrogens with one attached hydrogen (secondary N) is 1. The highest BCUT2D eigenvalue weighted by Gasteiger charge is 2.21. The number of benzene rings is 2. The van der Waals surface area contributed by atoms with Gasteiger partial charge in [-0.2, -0.15) is 0 Å². The second-order valence-electron chi connectivity index (χ2n) is 6.63. The summed E-state index contributed by atoms with van der Waals surface area (Å²) < 4.78 is 15.5. The Bertz CT molecular complexity index is 1270. The fraction of sp³-hybridized carbons (Fsp3) is 0.200. The monoisotopic (exact) mass is 392 g/mol. The Morgan fingerprint density at radius 1 is 1.03 bits per heavy atom. The van der Waals surface area contributed by atoms with Crippen LogP contribution in [-0.4, -0.2) is 42.5 Å². The van der Waals surface area contributed by atoms with Gasteiger partial charge in [-0.1, -0.05) is 18.2 Å². The molecule has 5 rings (SSSR count). The SMILES string of the molecule is O=C(Nc1ccc(N2CCOCC2)c2nonc12)c1cc2ccccc2oc1=O. The maximum atomic E-state index is 12.8. The molecule has 1 saturated heterocycles. The van der Waals surface area contributed by atoms with Crippen LogP contribution in [0.1, 0.15) is 10.4 Å². The third-order valence-electron chi connectivity index (χ3n) is 4.88. The van der Waals surface area contributed by atoms with Crippen LogP contribution in [0.4, 0.5) is 11.4 Å². The van der Waals surface area contributed by atoms with Gasteiger partial charge in [-0.15, -0.1) is 0 Å². The lowest BCUT2D eigenvalue weighted by Gasteiger charge is -2.28. The largest absolute Gasteiger partial charge is 0.422 e. The van der Waals surface area contributed by atoms with Crippen molar-refractivity contribution in [3.05, 3.63) is 58.4 Å². The van der Waals surface area contributed by atoms with Crippen molar-refractivity contribution in [2.45, 2.75) is 0 Å². The quantitative estimate of drug-likeness (QED) is 0.529. The summed E-state index contributed by atoms with van der Waals surface area (Å²) in [5.41, 5.74) is 1.82. The Kier molecular flexibility index (Phi) is 4.21. The predicted octanol–water partition coefficient (Wildman–Crippen LogP) is 2.42. The molecule has 1 N–H and O–H groups in total. The Labute approximate surface area is 163 Å². The van der Waals surface area contributed by atoms with Gasteiger partial charge < -0.3 is 19.4 Å². The van der Waals surface area contributed by atoms with Gasteiger partial charge in [-0.25, -0.2) is 9.42 Å². The lowest BCUT2D eigenvalue weighted by atomic mass is 10.1. The molecule has 29 heavy (non-hydrogen) atoms. The van der Waals surface area contributed by atoms with Gasteiger partial charge in [0.1, 0.15) is 11.1 Å². The molecule has 9 nitrogen and oxygen atoms in total. The van der Waals surface area contributed by atoms with Crippen LogP contribution < -0.4 is 15.8 Å². The van der Waals surface area contributed by atoms with Crippen LogP contribution in [-0.2, 0) is 4.74 Å². The minimum atomic E-state index is -0.708. The highest BCUT2D eigenvalue weighted by atomic mass is 16.6. The van der Waals surface area contributed by atoms with Crippen molar-refractivity contribution in [1.29, 1.82) is 0 Å². The van der Waals surface area contributed by atoms with E-state index in [2.05, 4.69) is 20.5 Å². The molecule has 0 unspecified atom stereocenters. The number of hydrogen-bond acceptors (Lipinski definition) is 8. The van der Waals surface area contributed by atoms with Crippen molar-refractivity contribution in [2.24, 2.45) is 0 Å². The molecule has 0 bridgehead atoms. The normalized spacial score (nSPS) is 14.4. The molecule has 146 valence electrons. The molecule has 1 amide bonds. The number of carbonyl (C=O) groups is 1. The van der Waals surface area contributed by atoms with Crippen LogP contribution in [0.2, 0.25) is 0 Å². The maximum absolute atomic E-state index is 12.8. The summed E-state index contributed by atoms with van der Waals surface area (Å²) in [4.78, 5) is 27.1. The first-order chi connectivity index (χ1) is 14.2. The maximum Gasteiger partial charge on any atom is 0.349 e. The van der Waals surface area contributed by atoms with E-state index in [-0.39, 0.29) is 5.56 Å². The number of morpholine rings is 1. The number of fused-ring (bicyclic) bond motifs is 2. The lowest BCUT2D eigenvalue weighted by Crippen LogP contribution is -2.36. The zero-order chi connectivity index (χ0) is 19.8. The van der Waals surface area contributed by atoms with E-state index in [1.54, 1.807) is 30.3 Å². The van der Waals surface area contributed by atoms with E-state index < -0.39 is 11.5 Å². The standard InChI is InChI=1S/C20H16N4O5/c25-19(13-11-12-3-1-2-4-16(12)28-20(13)26)21-14-5-6-15(18-17(14)22-29-23-18)24-7-9-27-10-8-24/h1-6,11H,7-10H2,(H,21,25). The molecule has 0 aliphatic carbocycles. The van der Waals surface area contributed by atoms with E-state index in [1.807, 2.05) is 6.07 Å². The molecule has 4 aromatic rings. The van der Waals surface area contributed by atoms with Crippen molar-refractivity contribution < 1.29 is 18.6 Å². The summed E-state index contributed by atoms with van der Waals surface area (Å²) >= 11 is 0. The highest BCUT2D eigenvalue weighted by Crippen LogP contribution is 2.30. The average Bonchev–Trinajstić information content (AvgIpc) is 3.24. The number of anilines is 2. The minimum absolute atomic E-state index is 0.0921. The molecule has 0 radical (unpaired) electrons. The van der Waals surface area contributed by atoms with Gasteiger partial charge >= 0.3 is 5.63 Å². The smallest absolute Gasteiger partial charge is 0.349 e. The Morgan fingerprint density at radius 2 is 1.83 bits per heavy atom. The fourth-order valence-corrected chi connectivity index (χ4v) is 3.42. The van der Waals surface area contributed by atoms with Gasteiger partial charge in [0.15, 0.2) is 11.0 Å². The van der Waals surface area contributed by atoms with E-state index in [0.717, 1.165) is 18.8 Å².